The summed E-state index contributed by atoms with van der Waals surface area (Å²) in [4.78, 5) is 23.6. The molecule has 1 aliphatic heterocycles. The Kier molecular flexibility index (Phi) is 3.94. The predicted octanol–water partition coefficient (Wildman–Crippen LogP) is -0.166. The third kappa shape index (κ3) is 2.81. The zero-order valence-electron chi connectivity index (χ0n) is 12.5. The van der Waals surface area contributed by atoms with Crippen LogP contribution in [0.5, 0.6) is 11.5 Å². The van der Waals surface area contributed by atoms with Crippen LogP contribution in [0.3, 0.4) is 0 Å². The smallest absolute Gasteiger partial charge is 0.342 e. The van der Waals surface area contributed by atoms with Gasteiger partial charge in [-0.3, -0.25) is 0 Å². The molecule has 0 spiro atoms. The predicted molar refractivity (Wildman–Crippen MR) is 78.8 cm³/mol. The van der Waals surface area contributed by atoms with Gasteiger partial charge in [0.25, 0.3) is 0 Å². The van der Waals surface area contributed by atoms with Crippen molar-refractivity contribution in [1.29, 1.82) is 0 Å². The third-order valence-electron chi connectivity index (χ3n) is 4.15. The molecule has 8 nitrogen and oxygen atoms in total. The molecule has 24 heavy (non-hydrogen) atoms. The first-order valence-corrected chi connectivity index (χ1v) is 7.32. The molecule has 0 unspecified atom stereocenters. The minimum absolute atomic E-state index is 0.0314. The average molecular weight is 336 g/mol. The lowest BCUT2D eigenvalue weighted by molar-refractivity contribution is -0.185. The van der Waals surface area contributed by atoms with E-state index in [2.05, 4.69) is 0 Å². The number of aromatic hydroxyl groups is 2. The number of aliphatic hydroxyl groups is 2. The summed E-state index contributed by atoms with van der Waals surface area (Å²) >= 11 is 0. The summed E-state index contributed by atoms with van der Waals surface area (Å²) in [6.07, 6.45) is -0.810. The standard InChI is InChI=1S/C16H16O8/c17-10-3-1-8(5-11(10)18)2-4-13(20)24-14-12(19)6-9-7-16(14,22)15(21)23-9/h1-5,9,12,14,17-19,22H,6-7H2/t9-,12+,14-,16+/m0/s1. The van der Waals surface area contributed by atoms with Crippen LogP contribution in [0.15, 0.2) is 24.3 Å². The summed E-state index contributed by atoms with van der Waals surface area (Å²) < 4.78 is 9.96. The number of hydrogen-bond acceptors (Lipinski definition) is 8. The van der Waals surface area contributed by atoms with Crippen LogP contribution in [-0.2, 0) is 19.1 Å². The van der Waals surface area contributed by atoms with Gasteiger partial charge in [0.2, 0.25) is 5.60 Å². The maximum absolute atomic E-state index is 11.9. The monoisotopic (exact) mass is 336 g/mol. The van der Waals surface area contributed by atoms with Crippen LogP contribution in [-0.4, -0.2) is 56.3 Å². The second-order valence-corrected chi connectivity index (χ2v) is 5.90. The van der Waals surface area contributed by atoms with Crippen LogP contribution in [0.4, 0.5) is 0 Å². The summed E-state index contributed by atoms with van der Waals surface area (Å²) in [6.45, 7) is 0. The van der Waals surface area contributed by atoms with Crippen LogP contribution in [0.2, 0.25) is 0 Å². The van der Waals surface area contributed by atoms with Crippen molar-refractivity contribution in [3.8, 4) is 11.5 Å². The Hall–Kier alpha value is -2.58. The number of carbonyl (C=O) groups excluding carboxylic acids is 2. The van der Waals surface area contributed by atoms with Gasteiger partial charge < -0.3 is 29.9 Å². The maximum atomic E-state index is 11.9. The molecule has 1 heterocycles. The van der Waals surface area contributed by atoms with Gasteiger partial charge in [-0.2, -0.15) is 0 Å². The van der Waals surface area contributed by atoms with Crippen LogP contribution in [0.1, 0.15) is 18.4 Å². The second kappa shape index (κ2) is 5.81. The van der Waals surface area contributed by atoms with Gasteiger partial charge in [0.15, 0.2) is 17.6 Å². The highest BCUT2D eigenvalue weighted by Gasteiger charge is 2.61. The van der Waals surface area contributed by atoms with E-state index in [9.17, 15) is 30.0 Å². The topological polar surface area (TPSA) is 134 Å². The summed E-state index contributed by atoms with van der Waals surface area (Å²) in [7, 11) is 0. The highest BCUT2D eigenvalue weighted by molar-refractivity contribution is 5.89. The van der Waals surface area contributed by atoms with Gasteiger partial charge in [0.05, 0.1) is 6.10 Å². The first-order chi connectivity index (χ1) is 11.3. The Morgan fingerprint density at radius 1 is 1.33 bits per heavy atom. The molecule has 128 valence electrons. The van der Waals surface area contributed by atoms with Crippen molar-refractivity contribution in [3.05, 3.63) is 29.8 Å². The number of benzene rings is 1. The normalized spacial score (nSPS) is 31.9. The lowest BCUT2D eigenvalue weighted by Crippen LogP contribution is -2.56. The summed E-state index contributed by atoms with van der Waals surface area (Å²) in [6, 6.07) is 3.95. The Morgan fingerprint density at radius 2 is 2.08 bits per heavy atom. The Bertz CT molecular complexity index is 712. The first kappa shape index (κ1) is 16.3. The van der Waals surface area contributed by atoms with E-state index in [0.717, 1.165) is 6.08 Å². The zero-order chi connectivity index (χ0) is 17.5. The number of fused-ring (bicyclic) bond motifs is 2. The van der Waals surface area contributed by atoms with Crippen LogP contribution in [0.25, 0.3) is 6.08 Å². The molecule has 1 saturated carbocycles. The van der Waals surface area contributed by atoms with Crippen molar-refractivity contribution in [2.45, 2.75) is 36.8 Å². The maximum Gasteiger partial charge on any atom is 0.342 e. The Balaban J connectivity index is 1.70. The van der Waals surface area contributed by atoms with Gasteiger partial charge >= 0.3 is 11.9 Å². The van der Waals surface area contributed by atoms with Crippen molar-refractivity contribution in [1.82, 2.24) is 0 Å². The molecule has 1 aromatic carbocycles. The summed E-state index contributed by atoms with van der Waals surface area (Å²) in [5.41, 5.74) is -1.62. The minimum atomic E-state index is -2.04. The molecule has 4 N–H and O–H groups in total. The van der Waals surface area contributed by atoms with Gasteiger partial charge in [-0.1, -0.05) is 6.07 Å². The molecule has 0 radical (unpaired) electrons. The fraction of sp³-hybridized carbons (Fsp3) is 0.375. The van der Waals surface area contributed by atoms with Gasteiger partial charge in [0, 0.05) is 18.9 Å². The van der Waals surface area contributed by atoms with E-state index >= 15 is 0 Å². The molecule has 4 atom stereocenters. The minimum Gasteiger partial charge on any atom is -0.504 e. The molecule has 1 aromatic rings. The number of esters is 2. The largest absolute Gasteiger partial charge is 0.504 e. The number of rotatable bonds is 3. The summed E-state index contributed by atoms with van der Waals surface area (Å²) in [5, 5.41) is 38.9. The van der Waals surface area contributed by atoms with Gasteiger partial charge in [0.1, 0.15) is 6.10 Å². The molecule has 2 aliphatic rings. The van der Waals surface area contributed by atoms with Crippen molar-refractivity contribution < 1.29 is 39.5 Å². The highest BCUT2D eigenvalue weighted by atomic mass is 16.6. The fourth-order valence-electron chi connectivity index (χ4n) is 2.95. The number of aliphatic hydroxyl groups excluding tert-OH is 1. The van der Waals surface area contributed by atoms with Gasteiger partial charge in [-0.15, -0.1) is 0 Å². The molecule has 2 fully saturated rings. The molecule has 1 saturated heterocycles. The quantitative estimate of drug-likeness (QED) is 0.340. The number of carbonyl (C=O) groups is 2. The van der Waals surface area contributed by atoms with E-state index in [4.69, 9.17) is 9.47 Å². The molecule has 1 aliphatic carbocycles. The lowest BCUT2D eigenvalue weighted by Gasteiger charge is -2.34. The number of ether oxygens (including phenoxy) is 2. The lowest BCUT2D eigenvalue weighted by atomic mass is 9.81. The molecule has 0 aromatic heterocycles. The first-order valence-electron chi connectivity index (χ1n) is 7.32. The fourth-order valence-corrected chi connectivity index (χ4v) is 2.95. The van der Waals surface area contributed by atoms with E-state index < -0.39 is 35.9 Å². The molecular formula is C16H16O8. The van der Waals surface area contributed by atoms with Crippen molar-refractivity contribution in [3.63, 3.8) is 0 Å². The second-order valence-electron chi connectivity index (χ2n) is 5.90. The zero-order valence-corrected chi connectivity index (χ0v) is 12.5. The highest BCUT2D eigenvalue weighted by Crippen LogP contribution is 2.39. The van der Waals surface area contributed by atoms with Crippen molar-refractivity contribution in [2.24, 2.45) is 0 Å². The average Bonchev–Trinajstić information content (AvgIpc) is 2.76. The van der Waals surface area contributed by atoms with E-state index in [0.29, 0.717) is 5.56 Å². The number of hydrogen-bond donors (Lipinski definition) is 4. The molecule has 2 bridgehead atoms. The molecule has 8 heteroatoms. The Morgan fingerprint density at radius 3 is 2.79 bits per heavy atom. The van der Waals surface area contributed by atoms with E-state index in [1.807, 2.05) is 0 Å². The number of phenols is 2. The van der Waals surface area contributed by atoms with Crippen LogP contribution < -0.4 is 0 Å². The van der Waals surface area contributed by atoms with Crippen LogP contribution in [0, 0.1) is 0 Å². The SMILES string of the molecule is O=C(C=Cc1ccc(O)c(O)c1)O[C@H]1[C@H](O)C[C@H]2C[C@]1(O)C(=O)O2. The molecular weight excluding hydrogens is 320 g/mol. The van der Waals surface area contributed by atoms with Gasteiger partial charge in [-0.05, 0) is 23.8 Å². The third-order valence-corrected chi connectivity index (χ3v) is 4.15. The van der Waals surface area contributed by atoms with E-state index in [1.54, 1.807) is 0 Å². The molecule has 0 amide bonds. The van der Waals surface area contributed by atoms with Crippen molar-refractivity contribution in [2.75, 3.05) is 0 Å². The van der Waals surface area contributed by atoms with E-state index in [-0.39, 0.29) is 24.3 Å². The van der Waals surface area contributed by atoms with Gasteiger partial charge in [-0.25, -0.2) is 9.59 Å². The molecule has 3 rings (SSSR count). The Labute approximate surface area is 136 Å². The van der Waals surface area contributed by atoms with E-state index in [1.165, 1.54) is 24.3 Å². The summed E-state index contributed by atoms with van der Waals surface area (Å²) in [5.74, 6) is -2.42. The van der Waals surface area contributed by atoms with Crippen molar-refractivity contribution >= 4 is 18.0 Å². The van der Waals surface area contributed by atoms with Crippen LogP contribution >= 0.6 is 0 Å². The number of phenolic OH excluding ortho intramolecular Hbond substituents is 2.